The number of phosphoric ester groups is 1. The minimum absolute atomic E-state index is 0. The first kappa shape index (κ1) is 19.2. The van der Waals surface area contributed by atoms with E-state index in [1.165, 1.54) is 21.3 Å². The van der Waals surface area contributed by atoms with Crippen LogP contribution in [0.4, 0.5) is 4.79 Å². The van der Waals surface area contributed by atoms with E-state index in [1.54, 1.807) is 0 Å². The number of hydrogen-bond donors (Lipinski definition) is 0. The first-order valence-corrected chi connectivity index (χ1v) is 4.03. The summed E-state index contributed by atoms with van der Waals surface area (Å²) in [6, 6.07) is 0. The van der Waals surface area contributed by atoms with Gasteiger partial charge in [0.2, 0.25) is 0 Å². The smallest absolute Gasteiger partial charge is 0.652 e. The van der Waals surface area contributed by atoms with Gasteiger partial charge in [0.25, 0.3) is 0 Å². The maximum absolute atomic E-state index is 10.7. The van der Waals surface area contributed by atoms with Gasteiger partial charge in [-0.15, -0.1) is 0 Å². The summed E-state index contributed by atoms with van der Waals surface area (Å²) in [4.78, 5) is 8.33. The molecule has 0 aromatic rings. The third kappa shape index (κ3) is 15.4. The summed E-state index contributed by atoms with van der Waals surface area (Å²) < 4.78 is 23.7. The van der Waals surface area contributed by atoms with Gasteiger partial charge in [-0.2, -0.15) is 0 Å². The van der Waals surface area contributed by atoms with Crippen LogP contribution >= 0.6 is 7.82 Å². The molecule has 0 heterocycles. The number of hydrogen-bond acceptors (Lipinski definition) is 7. The Morgan fingerprint density at radius 2 is 1.23 bits per heavy atom. The molecule has 0 rings (SSSR count). The zero-order valence-electron chi connectivity index (χ0n) is 7.51. The molecule has 0 unspecified atom stereocenters. The van der Waals surface area contributed by atoms with Crippen LogP contribution in [0.2, 0.25) is 0 Å². The molecule has 0 aliphatic carbocycles. The Morgan fingerprint density at radius 3 is 1.23 bits per heavy atom. The van der Waals surface area contributed by atoms with Gasteiger partial charge in [-0.25, -0.2) is 4.57 Å². The van der Waals surface area contributed by atoms with Crippen LogP contribution in [0.3, 0.4) is 0 Å². The Bertz CT molecular complexity index is 149. The van der Waals surface area contributed by atoms with Crippen LogP contribution in [0.15, 0.2) is 0 Å². The van der Waals surface area contributed by atoms with E-state index in [9.17, 15) is 4.57 Å². The van der Waals surface area contributed by atoms with Crippen molar-refractivity contribution >= 4 is 51.7 Å². The van der Waals surface area contributed by atoms with E-state index in [2.05, 4.69) is 13.6 Å². The molecule has 13 heavy (non-hydrogen) atoms. The molecule has 0 atom stereocenters. The topological polar surface area (TPSA) is 108 Å². The molecule has 0 saturated carbocycles. The molecule has 0 N–H and O–H groups in total. The van der Waals surface area contributed by atoms with E-state index in [0.717, 1.165) is 0 Å². The van der Waals surface area contributed by atoms with E-state index in [1.807, 2.05) is 0 Å². The molecular weight excluding hydrogens is 231 g/mol. The largest absolute Gasteiger partial charge is 2.00 e. The zero-order valence-corrected chi connectivity index (χ0v) is 10.6. The van der Waals surface area contributed by atoms with Crippen LogP contribution in [-0.2, 0) is 18.1 Å². The first-order valence-electron chi connectivity index (χ1n) is 2.57. The van der Waals surface area contributed by atoms with Crippen molar-refractivity contribution in [2.45, 2.75) is 0 Å². The SMILES string of the molecule is COP(=O)(OC)OC.O=C([O-])[O-].[Ca+2]. The van der Waals surface area contributed by atoms with Crippen molar-refractivity contribution in [2.75, 3.05) is 21.3 Å². The summed E-state index contributed by atoms with van der Waals surface area (Å²) >= 11 is 0. The van der Waals surface area contributed by atoms with Gasteiger partial charge < -0.3 is 15.0 Å². The van der Waals surface area contributed by atoms with Crippen molar-refractivity contribution in [3.05, 3.63) is 0 Å². The van der Waals surface area contributed by atoms with E-state index >= 15 is 0 Å². The molecule has 0 spiro atoms. The number of carbonyl (C=O) groups is 1. The average molecular weight is 240 g/mol. The van der Waals surface area contributed by atoms with Gasteiger partial charge in [0.1, 0.15) is 0 Å². The Morgan fingerprint density at radius 1 is 1.08 bits per heavy atom. The van der Waals surface area contributed by atoms with Gasteiger partial charge in [0.05, 0.1) is 0 Å². The predicted octanol–water partition coefficient (Wildman–Crippen LogP) is -1.79. The molecule has 0 aromatic heterocycles. The summed E-state index contributed by atoms with van der Waals surface area (Å²) in [6.45, 7) is 0. The average Bonchev–Trinajstić information content (AvgIpc) is 2.02. The third-order valence-electron chi connectivity index (χ3n) is 0.671. The van der Waals surface area contributed by atoms with E-state index in [0.29, 0.717) is 0 Å². The monoisotopic (exact) mass is 240 g/mol. The Labute approximate surface area is 106 Å². The second kappa shape index (κ2) is 10.7. The molecule has 0 bridgehead atoms. The quantitative estimate of drug-likeness (QED) is 0.423. The van der Waals surface area contributed by atoms with Crippen molar-refractivity contribution < 1.29 is 33.1 Å². The second-order valence-corrected chi connectivity index (χ2v) is 3.23. The standard InChI is InChI=1S/C3H9O4P.CH2O3.Ca/c1-5-8(4,6-2)7-3;2-1(3)4;/h1-3H3;(H2,2,3,4);/q;;+2/p-2. The fourth-order valence-electron chi connectivity index (χ4n) is 0.224. The van der Waals surface area contributed by atoms with Crippen molar-refractivity contribution in [3.63, 3.8) is 0 Å². The Hall–Kier alpha value is 0.640. The molecule has 0 aliphatic rings. The number of phosphoric acid groups is 1. The molecule has 0 aliphatic heterocycles. The van der Waals surface area contributed by atoms with Crippen LogP contribution in [0.25, 0.3) is 0 Å². The molecule has 0 aromatic carbocycles. The van der Waals surface area contributed by atoms with Crippen LogP contribution in [0.1, 0.15) is 0 Å². The fraction of sp³-hybridized carbons (Fsp3) is 0.750. The van der Waals surface area contributed by atoms with E-state index in [-0.39, 0.29) is 37.7 Å². The van der Waals surface area contributed by atoms with Crippen LogP contribution in [0, 0.1) is 0 Å². The van der Waals surface area contributed by atoms with Gasteiger partial charge in [0.15, 0.2) is 0 Å². The number of carbonyl (C=O) groups excluding carboxylic acids is 1. The molecular formula is C4H9CaO7P. The maximum Gasteiger partial charge on any atom is 2.00 e. The summed E-state index contributed by atoms with van der Waals surface area (Å²) in [5, 5.41) is 16.7. The fourth-order valence-corrected chi connectivity index (χ4v) is 0.671. The minimum Gasteiger partial charge on any atom is -0.652 e. The van der Waals surface area contributed by atoms with Crippen molar-refractivity contribution in [2.24, 2.45) is 0 Å². The Balaban J connectivity index is -0.000000173. The Kier molecular flexibility index (Phi) is 15.9. The van der Waals surface area contributed by atoms with Crippen molar-refractivity contribution in [3.8, 4) is 0 Å². The van der Waals surface area contributed by atoms with Gasteiger partial charge in [-0.3, -0.25) is 13.6 Å². The van der Waals surface area contributed by atoms with Crippen LogP contribution < -0.4 is 10.2 Å². The minimum atomic E-state index is -3.16. The van der Waals surface area contributed by atoms with Crippen LogP contribution in [-0.4, -0.2) is 65.2 Å². The molecule has 0 radical (unpaired) electrons. The van der Waals surface area contributed by atoms with Gasteiger partial charge >= 0.3 is 45.6 Å². The summed E-state index contributed by atoms with van der Waals surface area (Å²) in [5.74, 6) is 0. The number of rotatable bonds is 3. The molecule has 7 nitrogen and oxygen atoms in total. The normalized spacial score (nSPS) is 9.15. The summed E-state index contributed by atoms with van der Waals surface area (Å²) in [7, 11) is 0.611. The second-order valence-electron chi connectivity index (χ2n) is 1.24. The summed E-state index contributed by atoms with van der Waals surface area (Å²) in [5.41, 5.74) is 0. The van der Waals surface area contributed by atoms with Crippen molar-refractivity contribution in [1.29, 1.82) is 0 Å². The van der Waals surface area contributed by atoms with Gasteiger partial charge in [0, 0.05) is 21.3 Å². The van der Waals surface area contributed by atoms with Crippen LogP contribution in [0.5, 0.6) is 0 Å². The molecule has 0 amide bonds. The first-order chi connectivity index (χ1) is 5.41. The molecule has 0 fully saturated rings. The third-order valence-corrected chi connectivity index (χ3v) is 2.01. The zero-order chi connectivity index (χ0) is 10.2. The summed E-state index contributed by atoms with van der Waals surface area (Å²) in [6.07, 6.45) is -2.33. The molecule has 74 valence electrons. The van der Waals surface area contributed by atoms with Gasteiger partial charge in [-0.1, -0.05) is 0 Å². The van der Waals surface area contributed by atoms with Gasteiger partial charge in [-0.05, 0) is 6.16 Å². The van der Waals surface area contributed by atoms with E-state index in [4.69, 9.17) is 15.0 Å². The van der Waals surface area contributed by atoms with E-state index < -0.39 is 14.0 Å². The number of carboxylic acid groups (broad SMARTS) is 2. The predicted molar refractivity (Wildman–Crippen MR) is 39.8 cm³/mol. The van der Waals surface area contributed by atoms with Crippen molar-refractivity contribution in [1.82, 2.24) is 0 Å². The molecule has 9 heteroatoms. The maximum atomic E-state index is 10.7. The molecule has 0 saturated heterocycles.